The SMILES string of the molecule is Cc1ccc2nc(C(=O)Cc3csc(-c4ccc(Cl)cc4)c3C(=O)O)sc2c1. The first-order valence-electron chi connectivity index (χ1n) is 8.42. The summed E-state index contributed by atoms with van der Waals surface area (Å²) in [5, 5.41) is 12.5. The number of thiophene rings is 1. The Bertz CT molecular complexity index is 1210. The van der Waals surface area contributed by atoms with Gasteiger partial charge in [0.1, 0.15) is 0 Å². The molecule has 4 aromatic rings. The molecule has 2 aromatic heterocycles. The molecule has 7 heteroatoms. The summed E-state index contributed by atoms with van der Waals surface area (Å²) in [5.41, 5.74) is 3.32. The van der Waals surface area contributed by atoms with E-state index in [1.54, 1.807) is 29.6 Å². The monoisotopic (exact) mass is 427 g/mol. The van der Waals surface area contributed by atoms with Gasteiger partial charge in [-0.3, -0.25) is 4.79 Å². The van der Waals surface area contributed by atoms with Crippen LogP contribution >= 0.6 is 34.3 Å². The number of ketones is 1. The molecule has 0 aliphatic carbocycles. The van der Waals surface area contributed by atoms with E-state index >= 15 is 0 Å². The van der Waals surface area contributed by atoms with Crippen molar-refractivity contribution in [1.29, 1.82) is 0 Å². The van der Waals surface area contributed by atoms with Crippen LogP contribution < -0.4 is 0 Å². The Hall–Kier alpha value is -2.54. The van der Waals surface area contributed by atoms with Crippen molar-refractivity contribution >= 4 is 56.2 Å². The first-order chi connectivity index (χ1) is 13.4. The Morgan fingerprint density at radius 3 is 2.61 bits per heavy atom. The number of Topliss-reactive ketones (excluding diaryl/α,β-unsaturated/α-hetero) is 1. The minimum absolute atomic E-state index is 0.00449. The minimum Gasteiger partial charge on any atom is -0.478 e. The number of aryl methyl sites for hydroxylation is 1. The summed E-state index contributed by atoms with van der Waals surface area (Å²) in [6.07, 6.45) is 0.00449. The second-order valence-electron chi connectivity index (χ2n) is 6.37. The molecule has 0 radical (unpaired) electrons. The number of aromatic carboxylic acids is 1. The lowest BCUT2D eigenvalue weighted by Crippen LogP contribution is -2.07. The molecule has 0 atom stereocenters. The van der Waals surface area contributed by atoms with Gasteiger partial charge in [-0.25, -0.2) is 9.78 Å². The number of carboxylic acids is 1. The maximum absolute atomic E-state index is 12.8. The largest absolute Gasteiger partial charge is 0.478 e. The molecule has 4 rings (SSSR count). The topological polar surface area (TPSA) is 67.3 Å². The average Bonchev–Trinajstić information content (AvgIpc) is 3.26. The lowest BCUT2D eigenvalue weighted by atomic mass is 10.0. The number of hydrogen-bond acceptors (Lipinski definition) is 5. The maximum atomic E-state index is 12.8. The quantitative estimate of drug-likeness (QED) is 0.390. The van der Waals surface area contributed by atoms with E-state index in [0.717, 1.165) is 21.3 Å². The van der Waals surface area contributed by atoms with Crippen molar-refractivity contribution in [3.8, 4) is 10.4 Å². The van der Waals surface area contributed by atoms with E-state index in [-0.39, 0.29) is 17.8 Å². The van der Waals surface area contributed by atoms with Crippen molar-refractivity contribution in [2.24, 2.45) is 0 Å². The maximum Gasteiger partial charge on any atom is 0.337 e. The van der Waals surface area contributed by atoms with Gasteiger partial charge in [-0.1, -0.05) is 29.8 Å². The standard InChI is InChI=1S/C21H14ClNO3S2/c1-11-2-7-15-17(8-11)28-20(23-15)16(24)9-13-10-27-19(18(13)21(25)26)12-3-5-14(22)6-4-12/h2-8,10H,9H2,1H3,(H,25,26). The molecular weight excluding hydrogens is 414 g/mol. The number of carbonyl (C=O) groups is 2. The molecule has 0 bridgehead atoms. The number of rotatable bonds is 5. The highest BCUT2D eigenvalue weighted by molar-refractivity contribution is 7.20. The van der Waals surface area contributed by atoms with Crippen molar-refractivity contribution in [3.63, 3.8) is 0 Å². The highest BCUT2D eigenvalue weighted by atomic mass is 35.5. The molecule has 0 fully saturated rings. The highest BCUT2D eigenvalue weighted by Gasteiger charge is 2.23. The Labute approximate surface area is 174 Å². The van der Waals surface area contributed by atoms with Crippen molar-refractivity contribution in [2.75, 3.05) is 0 Å². The normalized spacial score (nSPS) is 11.1. The summed E-state index contributed by atoms with van der Waals surface area (Å²) in [6, 6.07) is 12.8. The van der Waals surface area contributed by atoms with Gasteiger partial charge < -0.3 is 5.11 Å². The number of carbonyl (C=O) groups excluding carboxylic acids is 1. The second-order valence-corrected chi connectivity index (χ2v) is 8.71. The van der Waals surface area contributed by atoms with Crippen LogP contribution in [0.2, 0.25) is 5.02 Å². The molecule has 0 amide bonds. The smallest absolute Gasteiger partial charge is 0.337 e. The first-order valence-corrected chi connectivity index (χ1v) is 10.5. The zero-order chi connectivity index (χ0) is 19.8. The third kappa shape index (κ3) is 3.58. The van der Waals surface area contributed by atoms with Gasteiger partial charge in [0.05, 0.1) is 15.8 Å². The molecule has 4 nitrogen and oxygen atoms in total. The number of hydrogen-bond donors (Lipinski definition) is 1. The summed E-state index contributed by atoms with van der Waals surface area (Å²) in [4.78, 5) is 29.7. The van der Waals surface area contributed by atoms with Crippen LogP contribution in [0.3, 0.4) is 0 Å². The zero-order valence-electron chi connectivity index (χ0n) is 14.7. The van der Waals surface area contributed by atoms with E-state index in [0.29, 0.717) is 20.5 Å². The van der Waals surface area contributed by atoms with Crippen LogP contribution in [0, 0.1) is 6.92 Å². The predicted octanol–water partition coefficient (Wildman–Crippen LogP) is 6.11. The summed E-state index contributed by atoms with van der Waals surface area (Å²) in [5.74, 6) is -1.23. The Morgan fingerprint density at radius 2 is 1.89 bits per heavy atom. The Balaban J connectivity index is 1.67. The molecular formula is C21H14ClNO3S2. The summed E-state index contributed by atoms with van der Waals surface area (Å²) >= 11 is 8.58. The molecule has 2 heterocycles. The average molecular weight is 428 g/mol. The number of fused-ring (bicyclic) bond motifs is 1. The van der Waals surface area contributed by atoms with Crippen LogP contribution in [0.5, 0.6) is 0 Å². The van der Waals surface area contributed by atoms with Gasteiger partial charge in [0, 0.05) is 16.3 Å². The molecule has 1 N–H and O–H groups in total. The number of benzene rings is 2. The molecule has 0 aliphatic rings. The van der Waals surface area contributed by atoms with Crippen LogP contribution in [0.1, 0.15) is 31.3 Å². The van der Waals surface area contributed by atoms with Gasteiger partial charge in [0.2, 0.25) is 0 Å². The second kappa shape index (κ2) is 7.47. The molecule has 2 aromatic carbocycles. The van der Waals surface area contributed by atoms with Gasteiger partial charge in [0.25, 0.3) is 0 Å². The van der Waals surface area contributed by atoms with Crippen molar-refractivity contribution in [3.05, 3.63) is 74.6 Å². The fourth-order valence-electron chi connectivity index (χ4n) is 2.97. The van der Waals surface area contributed by atoms with Crippen molar-refractivity contribution in [1.82, 2.24) is 4.98 Å². The van der Waals surface area contributed by atoms with Crippen LogP contribution in [0.15, 0.2) is 47.8 Å². The van der Waals surface area contributed by atoms with E-state index in [9.17, 15) is 14.7 Å². The molecule has 0 saturated heterocycles. The van der Waals surface area contributed by atoms with Gasteiger partial charge in [-0.2, -0.15) is 0 Å². The predicted molar refractivity (Wildman–Crippen MR) is 114 cm³/mol. The fraction of sp³-hybridized carbons (Fsp3) is 0.0952. The highest BCUT2D eigenvalue weighted by Crippen LogP contribution is 2.34. The van der Waals surface area contributed by atoms with Crippen LogP contribution in [0.4, 0.5) is 0 Å². The number of carboxylic acid groups (broad SMARTS) is 1. The molecule has 0 aliphatic heterocycles. The third-order valence-corrected chi connectivity index (χ3v) is 6.71. The van der Waals surface area contributed by atoms with E-state index < -0.39 is 5.97 Å². The molecule has 0 spiro atoms. The number of nitrogens with zero attached hydrogens (tertiary/aromatic N) is 1. The summed E-state index contributed by atoms with van der Waals surface area (Å²) in [6.45, 7) is 1.99. The van der Waals surface area contributed by atoms with E-state index in [1.807, 2.05) is 25.1 Å². The summed E-state index contributed by atoms with van der Waals surface area (Å²) in [7, 11) is 0. The van der Waals surface area contributed by atoms with Gasteiger partial charge in [-0.05, 0) is 53.3 Å². The van der Waals surface area contributed by atoms with E-state index in [2.05, 4.69) is 4.98 Å². The minimum atomic E-state index is -1.05. The fourth-order valence-corrected chi connectivity index (χ4v) is 5.17. The molecule has 0 saturated carbocycles. The molecule has 0 unspecified atom stereocenters. The lowest BCUT2D eigenvalue weighted by molar-refractivity contribution is 0.0697. The first kappa shape index (κ1) is 18.8. The van der Waals surface area contributed by atoms with Crippen molar-refractivity contribution < 1.29 is 14.7 Å². The van der Waals surface area contributed by atoms with Gasteiger partial charge >= 0.3 is 5.97 Å². The van der Waals surface area contributed by atoms with E-state index in [4.69, 9.17) is 11.6 Å². The lowest BCUT2D eigenvalue weighted by Gasteiger charge is -2.03. The van der Waals surface area contributed by atoms with Crippen LogP contribution in [-0.2, 0) is 6.42 Å². The Morgan fingerprint density at radius 1 is 1.14 bits per heavy atom. The van der Waals surface area contributed by atoms with Gasteiger partial charge in [-0.15, -0.1) is 22.7 Å². The summed E-state index contributed by atoms with van der Waals surface area (Å²) < 4.78 is 0.953. The van der Waals surface area contributed by atoms with E-state index in [1.165, 1.54) is 22.7 Å². The molecule has 28 heavy (non-hydrogen) atoms. The van der Waals surface area contributed by atoms with Crippen molar-refractivity contribution in [2.45, 2.75) is 13.3 Å². The molecule has 140 valence electrons. The third-order valence-electron chi connectivity index (χ3n) is 4.32. The Kier molecular flexibility index (Phi) is 5.02. The van der Waals surface area contributed by atoms with Crippen LogP contribution in [-0.4, -0.2) is 21.8 Å². The van der Waals surface area contributed by atoms with Crippen LogP contribution in [0.25, 0.3) is 20.7 Å². The number of halogens is 1. The van der Waals surface area contributed by atoms with Gasteiger partial charge in [0.15, 0.2) is 10.8 Å². The zero-order valence-corrected chi connectivity index (χ0v) is 17.1. The number of aromatic nitrogens is 1. The number of thiazole rings is 1.